The van der Waals surface area contributed by atoms with Gasteiger partial charge in [-0.1, -0.05) is 12.1 Å². The van der Waals surface area contributed by atoms with E-state index in [1.807, 2.05) is 19.1 Å². The van der Waals surface area contributed by atoms with Crippen LogP contribution in [0.25, 0.3) is 0 Å². The van der Waals surface area contributed by atoms with Crippen molar-refractivity contribution in [3.05, 3.63) is 48.4 Å². The molecule has 1 amide bonds. The van der Waals surface area contributed by atoms with Crippen LogP contribution in [0.5, 0.6) is 5.75 Å². The molecule has 1 aromatic carbocycles. The maximum atomic E-state index is 12.3. The SMILES string of the molecule is CCOc1ccccc1N(CC(=O)NCCCSCc1ccco1)S(C)(=O)=O. The summed E-state index contributed by atoms with van der Waals surface area (Å²) in [7, 11) is -3.64. The fourth-order valence-electron chi connectivity index (χ4n) is 2.48. The zero-order valence-corrected chi connectivity index (χ0v) is 17.7. The Hall–Kier alpha value is -2.13. The van der Waals surface area contributed by atoms with Gasteiger partial charge in [-0.05, 0) is 43.4 Å². The van der Waals surface area contributed by atoms with Crippen LogP contribution < -0.4 is 14.4 Å². The van der Waals surface area contributed by atoms with Gasteiger partial charge in [0.2, 0.25) is 15.9 Å². The highest BCUT2D eigenvalue weighted by Gasteiger charge is 2.23. The molecule has 0 aliphatic heterocycles. The number of para-hydroxylation sites is 2. The first kappa shape index (κ1) is 22.2. The lowest BCUT2D eigenvalue weighted by atomic mass is 10.3. The summed E-state index contributed by atoms with van der Waals surface area (Å²) in [5.41, 5.74) is 0.357. The lowest BCUT2D eigenvalue weighted by Gasteiger charge is -2.24. The molecule has 0 atom stereocenters. The number of amides is 1. The molecular formula is C19H26N2O5S2. The average molecular weight is 427 g/mol. The topological polar surface area (TPSA) is 88.8 Å². The van der Waals surface area contributed by atoms with Crippen LogP contribution in [0, 0.1) is 0 Å². The molecule has 0 radical (unpaired) electrons. The minimum atomic E-state index is -3.64. The van der Waals surface area contributed by atoms with Gasteiger partial charge in [-0.3, -0.25) is 9.10 Å². The Morgan fingerprint density at radius 2 is 2.04 bits per heavy atom. The Kier molecular flexibility index (Phi) is 8.72. The monoisotopic (exact) mass is 426 g/mol. The standard InChI is InChI=1S/C19H26N2O5S2/c1-3-25-18-10-5-4-9-17(18)21(28(2,23)24)14-19(22)20-11-7-13-27-15-16-8-6-12-26-16/h4-6,8-10,12H,3,7,11,13-15H2,1-2H3,(H,20,22). The van der Waals surface area contributed by atoms with E-state index in [2.05, 4.69) is 5.32 Å². The number of thioether (sulfide) groups is 1. The van der Waals surface area contributed by atoms with E-state index in [-0.39, 0.29) is 12.5 Å². The zero-order chi connectivity index (χ0) is 20.4. The first-order chi connectivity index (χ1) is 13.4. The van der Waals surface area contributed by atoms with Crippen molar-refractivity contribution in [1.29, 1.82) is 0 Å². The highest BCUT2D eigenvalue weighted by atomic mass is 32.2. The van der Waals surface area contributed by atoms with Gasteiger partial charge >= 0.3 is 0 Å². The van der Waals surface area contributed by atoms with Gasteiger partial charge in [-0.2, -0.15) is 11.8 Å². The maximum Gasteiger partial charge on any atom is 0.240 e. The van der Waals surface area contributed by atoms with E-state index in [1.54, 1.807) is 42.3 Å². The minimum Gasteiger partial charge on any atom is -0.492 e. The normalized spacial score (nSPS) is 11.2. The lowest BCUT2D eigenvalue weighted by Crippen LogP contribution is -2.40. The molecular weight excluding hydrogens is 400 g/mol. The summed E-state index contributed by atoms with van der Waals surface area (Å²) in [6, 6.07) is 10.6. The zero-order valence-electron chi connectivity index (χ0n) is 16.1. The molecule has 2 rings (SSSR count). The molecule has 0 bridgehead atoms. The molecule has 1 aromatic heterocycles. The number of sulfonamides is 1. The Labute approximate surface area is 170 Å². The second-order valence-electron chi connectivity index (χ2n) is 6.01. The average Bonchev–Trinajstić information content (AvgIpc) is 3.16. The lowest BCUT2D eigenvalue weighted by molar-refractivity contribution is -0.119. The Balaban J connectivity index is 1.84. The van der Waals surface area contributed by atoms with Crippen molar-refractivity contribution in [2.24, 2.45) is 0 Å². The van der Waals surface area contributed by atoms with Gasteiger partial charge in [0.1, 0.15) is 18.1 Å². The van der Waals surface area contributed by atoms with E-state index in [9.17, 15) is 13.2 Å². The van der Waals surface area contributed by atoms with Crippen molar-refractivity contribution in [2.45, 2.75) is 19.1 Å². The largest absolute Gasteiger partial charge is 0.492 e. The molecule has 0 aliphatic carbocycles. The van der Waals surface area contributed by atoms with Gasteiger partial charge in [0, 0.05) is 6.54 Å². The number of ether oxygens (including phenoxy) is 1. The van der Waals surface area contributed by atoms with Crippen molar-refractivity contribution < 1.29 is 22.4 Å². The predicted molar refractivity (Wildman–Crippen MR) is 112 cm³/mol. The third-order valence-corrected chi connectivity index (χ3v) is 5.93. The molecule has 9 heteroatoms. The highest BCUT2D eigenvalue weighted by molar-refractivity contribution is 7.98. The summed E-state index contributed by atoms with van der Waals surface area (Å²) < 4.78 is 36.3. The summed E-state index contributed by atoms with van der Waals surface area (Å²) in [6.45, 7) is 2.41. The molecule has 154 valence electrons. The van der Waals surface area contributed by atoms with Crippen LogP contribution in [0.2, 0.25) is 0 Å². The highest BCUT2D eigenvalue weighted by Crippen LogP contribution is 2.29. The third-order valence-electron chi connectivity index (χ3n) is 3.73. The number of rotatable bonds is 12. The smallest absolute Gasteiger partial charge is 0.240 e. The first-order valence-electron chi connectivity index (χ1n) is 8.98. The van der Waals surface area contributed by atoms with Gasteiger partial charge in [0.15, 0.2) is 0 Å². The molecule has 0 spiro atoms. The van der Waals surface area contributed by atoms with Gasteiger partial charge in [-0.25, -0.2) is 8.42 Å². The maximum absolute atomic E-state index is 12.3. The Morgan fingerprint density at radius 3 is 2.71 bits per heavy atom. The number of hydrogen-bond acceptors (Lipinski definition) is 6. The van der Waals surface area contributed by atoms with E-state index in [4.69, 9.17) is 9.15 Å². The number of carbonyl (C=O) groups excluding carboxylic acids is 1. The van der Waals surface area contributed by atoms with E-state index < -0.39 is 10.0 Å². The summed E-state index contributed by atoms with van der Waals surface area (Å²) in [4.78, 5) is 12.3. The summed E-state index contributed by atoms with van der Waals surface area (Å²) in [5, 5.41) is 2.78. The molecule has 1 heterocycles. The Morgan fingerprint density at radius 1 is 1.25 bits per heavy atom. The van der Waals surface area contributed by atoms with Gasteiger partial charge in [0.05, 0.1) is 30.6 Å². The summed E-state index contributed by atoms with van der Waals surface area (Å²) >= 11 is 1.72. The van der Waals surface area contributed by atoms with E-state index in [1.165, 1.54) is 0 Å². The van der Waals surface area contributed by atoms with Gasteiger partial charge < -0.3 is 14.5 Å². The van der Waals surface area contributed by atoms with Crippen LogP contribution in [0.1, 0.15) is 19.1 Å². The van der Waals surface area contributed by atoms with Crippen molar-refractivity contribution >= 4 is 33.4 Å². The van der Waals surface area contributed by atoms with Crippen molar-refractivity contribution in [3.63, 3.8) is 0 Å². The molecule has 2 aromatic rings. The van der Waals surface area contributed by atoms with Crippen molar-refractivity contribution in [3.8, 4) is 5.75 Å². The van der Waals surface area contributed by atoms with Crippen LogP contribution >= 0.6 is 11.8 Å². The third kappa shape index (κ3) is 7.12. The predicted octanol–water partition coefficient (Wildman–Crippen LogP) is 2.88. The van der Waals surface area contributed by atoms with E-state index in [0.29, 0.717) is 24.6 Å². The fourth-order valence-corrected chi connectivity index (χ4v) is 4.20. The molecule has 0 unspecified atom stereocenters. The molecule has 0 fully saturated rings. The number of hydrogen-bond donors (Lipinski definition) is 1. The summed E-state index contributed by atoms with van der Waals surface area (Å²) in [5.74, 6) is 2.65. The number of nitrogens with zero attached hydrogens (tertiary/aromatic N) is 1. The Bertz CT molecular complexity index is 838. The van der Waals surface area contributed by atoms with Crippen LogP contribution in [-0.2, 0) is 20.6 Å². The number of furan rings is 1. The quantitative estimate of drug-likeness (QED) is 0.525. The summed E-state index contributed by atoms with van der Waals surface area (Å²) in [6.07, 6.45) is 3.51. The molecule has 0 aliphatic rings. The van der Waals surface area contributed by atoms with Gasteiger partial charge in [0.25, 0.3) is 0 Å². The molecule has 0 saturated heterocycles. The second-order valence-corrected chi connectivity index (χ2v) is 9.02. The fraction of sp³-hybridized carbons (Fsp3) is 0.421. The number of carbonyl (C=O) groups is 1. The van der Waals surface area contributed by atoms with Crippen molar-refractivity contribution in [1.82, 2.24) is 5.32 Å². The molecule has 28 heavy (non-hydrogen) atoms. The van der Waals surface area contributed by atoms with Crippen LogP contribution in [0.3, 0.4) is 0 Å². The van der Waals surface area contributed by atoms with Crippen LogP contribution in [-0.4, -0.2) is 46.0 Å². The minimum absolute atomic E-state index is 0.289. The van der Waals surface area contributed by atoms with Gasteiger partial charge in [-0.15, -0.1) is 0 Å². The van der Waals surface area contributed by atoms with Crippen LogP contribution in [0.15, 0.2) is 47.1 Å². The molecule has 1 N–H and O–H groups in total. The van der Waals surface area contributed by atoms with E-state index in [0.717, 1.165) is 34.2 Å². The first-order valence-corrected chi connectivity index (χ1v) is 12.0. The molecule has 7 nitrogen and oxygen atoms in total. The van der Waals surface area contributed by atoms with Crippen LogP contribution in [0.4, 0.5) is 5.69 Å². The second kappa shape index (κ2) is 11.0. The van der Waals surface area contributed by atoms with Crippen molar-refractivity contribution in [2.75, 3.05) is 36.0 Å². The number of nitrogens with one attached hydrogen (secondary N) is 1. The number of anilines is 1. The number of benzene rings is 1. The molecule has 0 saturated carbocycles. The van der Waals surface area contributed by atoms with E-state index >= 15 is 0 Å².